The molecule has 5 nitrogen and oxygen atoms in total. The Morgan fingerprint density at radius 1 is 0.957 bits per heavy atom. The largest absolute Gasteiger partial charge is 0.497 e. The molecule has 2 aromatic rings. The maximum Gasteiger partial charge on any atom is 0.344 e. The summed E-state index contributed by atoms with van der Waals surface area (Å²) in [5.74, 6) is 0.368. The van der Waals surface area contributed by atoms with Gasteiger partial charge in [0.1, 0.15) is 11.5 Å². The van der Waals surface area contributed by atoms with E-state index in [9.17, 15) is 9.59 Å². The third-order valence-corrected chi connectivity index (χ3v) is 3.15. The number of Topliss-reactive ketones (excluding diaryl/α,β-unsaturated/α-hetero) is 1. The quantitative estimate of drug-likeness (QED) is 0.581. The van der Waals surface area contributed by atoms with E-state index in [1.165, 1.54) is 0 Å². The molecule has 1 atom stereocenters. The van der Waals surface area contributed by atoms with Gasteiger partial charge in [-0.15, -0.1) is 0 Å². The first kappa shape index (κ1) is 16.5. The second-order valence-corrected chi connectivity index (χ2v) is 4.83. The van der Waals surface area contributed by atoms with Crippen molar-refractivity contribution in [3.63, 3.8) is 0 Å². The van der Waals surface area contributed by atoms with E-state index in [-0.39, 0.29) is 12.4 Å². The van der Waals surface area contributed by atoms with Gasteiger partial charge in [0.05, 0.1) is 7.11 Å². The van der Waals surface area contributed by atoms with Gasteiger partial charge < -0.3 is 14.2 Å². The molecule has 0 N–H and O–H groups in total. The van der Waals surface area contributed by atoms with E-state index >= 15 is 0 Å². The minimum Gasteiger partial charge on any atom is -0.497 e. The highest BCUT2D eigenvalue weighted by molar-refractivity contribution is 6.00. The van der Waals surface area contributed by atoms with Gasteiger partial charge in [-0.1, -0.05) is 30.3 Å². The molecule has 0 saturated carbocycles. The van der Waals surface area contributed by atoms with E-state index in [2.05, 4.69) is 0 Å². The molecule has 0 aromatic heterocycles. The van der Waals surface area contributed by atoms with Gasteiger partial charge >= 0.3 is 5.97 Å². The number of rotatable bonds is 7. The molecule has 0 aliphatic carbocycles. The van der Waals surface area contributed by atoms with Gasteiger partial charge in [-0.25, -0.2) is 4.79 Å². The Hall–Kier alpha value is -2.82. The highest BCUT2D eigenvalue weighted by atomic mass is 16.6. The fraction of sp³-hybridized carbons (Fsp3) is 0.222. The van der Waals surface area contributed by atoms with Crippen molar-refractivity contribution in [2.45, 2.75) is 13.0 Å². The van der Waals surface area contributed by atoms with Crippen LogP contribution >= 0.6 is 0 Å². The first-order chi connectivity index (χ1) is 11.1. The summed E-state index contributed by atoms with van der Waals surface area (Å²) >= 11 is 0. The molecular formula is C18H18O5. The zero-order valence-electron chi connectivity index (χ0n) is 13.0. The van der Waals surface area contributed by atoms with Gasteiger partial charge in [0.15, 0.2) is 12.7 Å². The number of carbonyl (C=O) groups is 2. The number of carbonyl (C=O) groups excluding carboxylic acids is 2. The third kappa shape index (κ3) is 4.85. The molecule has 0 saturated heterocycles. The fourth-order valence-electron chi connectivity index (χ4n) is 1.94. The molecule has 5 heteroatoms. The highest BCUT2D eigenvalue weighted by Gasteiger charge is 2.19. The summed E-state index contributed by atoms with van der Waals surface area (Å²) in [7, 11) is 1.57. The molecule has 0 fully saturated rings. The Bertz CT molecular complexity index is 649. The van der Waals surface area contributed by atoms with Crippen LogP contribution in [0, 0.1) is 0 Å². The molecular weight excluding hydrogens is 296 g/mol. The van der Waals surface area contributed by atoms with Crippen LogP contribution in [0.4, 0.5) is 0 Å². The van der Waals surface area contributed by atoms with Crippen molar-refractivity contribution >= 4 is 11.8 Å². The third-order valence-electron chi connectivity index (χ3n) is 3.15. The van der Waals surface area contributed by atoms with Gasteiger partial charge in [-0.05, 0) is 31.2 Å². The van der Waals surface area contributed by atoms with Crippen LogP contribution in [-0.2, 0) is 9.53 Å². The van der Waals surface area contributed by atoms with E-state index in [1.807, 2.05) is 6.07 Å². The summed E-state index contributed by atoms with van der Waals surface area (Å²) in [6.45, 7) is 1.28. The van der Waals surface area contributed by atoms with Crippen LogP contribution in [0.2, 0.25) is 0 Å². The molecule has 0 amide bonds. The van der Waals surface area contributed by atoms with Crippen LogP contribution in [-0.4, -0.2) is 31.6 Å². The Morgan fingerprint density at radius 3 is 2.17 bits per heavy atom. The Balaban J connectivity index is 1.83. The lowest BCUT2D eigenvalue weighted by atomic mass is 10.1. The van der Waals surface area contributed by atoms with Gasteiger partial charge in [-0.2, -0.15) is 0 Å². The van der Waals surface area contributed by atoms with Crippen molar-refractivity contribution < 1.29 is 23.8 Å². The number of hydrogen-bond acceptors (Lipinski definition) is 5. The van der Waals surface area contributed by atoms with Crippen LogP contribution in [0.3, 0.4) is 0 Å². The SMILES string of the molecule is COc1ccc(OCC(=O)OC(C)C(=O)c2ccccc2)cc1. The average Bonchev–Trinajstić information content (AvgIpc) is 2.60. The zero-order chi connectivity index (χ0) is 16.7. The molecule has 2 aromatic carbocycles. The average molecular weight is 314 g/mol. The van der Waals surface area contributed by atoms with Crippen molar-refractivity contribution in [3.05, 3.63) is 60.2 Å². The highest BCUT2D eigenvalue weighted by Crippen LogP contribution is 2.17. The smallest absolute Gasteiger partial charge is 0.344 e. The van der Waals surface area contributed by atoms with Crippen molar-refractivity contribution in [2.75, 3.05) is 13.7 Å². The number of methoxy groups -OCH3 is 1. The number of ether oxygens (including phenoxy) is 3. The van der Waals surface area contributed by atoms with Crippen molar-refractivity contribution in [3.8, 4) is 11.5 Å². The zero-order valence-corrected chi connectivity index (χ0v) is 13.0. The summed E-state index contributed by atoms with van der Waals surface area (Å²) in [5.41, 5.74) is 0.504. The lowest BCUT2D eigenvalue weighted by Gasteiger charge is -2.13. The van der Waals surface area contributed by atoms with Crippen LogP contribution in [0.25, 0.3) is 0 Å². The van der Waals surface area contributed by atoms with Crippen molar-refractivity contribution in [2.24, 2.45) is 0 Å². The summed E-state index contributed by atoms with van der Waals surface area (Å²) < 4.78 is 15.4. The molecule has 23 heavy (non-hydrogen) atoms. The van der Waals surface area contributed by atoms with E-state index in [0.29, 0.717) is 17.1 Å². The maximum absolute atomic E-state index is 12.1. The lowest BCUT2D eigenvalue weighted by molar-refractivity contribution is -0.148. The van der Waals surface area contributed by atoms with Crippen LogP contribution in [0.1, 0.15) is 17.3 Å². The Kier molecular flexibility index (Phi) is 5.74. The Labute approximate surface area is 134 Å². The van der Waals surface area contributed by atoms with Crippen molar-refractivity contribution in [1.29, 1.82) is 0 Å². The molecule has 0 aliphatic rings. The van der Waals surface area contributed by atoms with Gasteiger partial charge in [0, 0.05) is 5.56 Å². The number of esters is 1. The number of hydrogen-bond donors (Lipinski definition) is 0. The molecule has 0 bridgehead atoms. The summed E-state index contributed by atoms with van der Waals surface area (Å²) in [4.78, 5) is 23.9. The fourth-order valence-corrected chi connectivity index (χ4v) is 1.94. The molecule has 0 spiro atoms. The summed E-state index contributed by atoms with van der Waals surface area (Å²) in [6, 6.07) is 15.5. The van der Waals surface area contributed by atoms with Gasteiger partial charge in [0.25, 0.3) is 0 Å². The molecule has 1 unspecified atom stereocenters. The minimum atomic E-state index is -0.857. The van der Waals surface area contributed by atoms with E-state index in [0.717, 1.165) is 0 Å². The van der Waals surface area contributed by atoms with Crippen LogP contribution in [0.5, 0.6) is 11.5 Å². The van der Waals surface area contributed by atoms with Crippen molar-refractivity contribution in [1.82, 2.24) is 0 Å². The monoisotopic (exact) mass is 314 g/mol. The van der Waals surface area contributed by atoms with Crippen LogP contribution in [0.15, 0.2) is 54.6 Å². The van der Waals surface area contributed by atoms with E-state index in [4.69, 9.17) is 14.2 Å². The second kappa shape index (κ2) is 7.98. The van der Waals surface area contributed by atoms with Crippen LogP contribution < -0.4 is 9.47 Å². The normalized spacial score (nSPS) is 11.4. The predicted octanol–water partition coefficient (Wildman–Crippen LogP) is 2.89. The Morgan fingerprint density at radius 2 is 1.57 bits per heavy atom. The molecule has 0 aliphatic heterocycles. The van der Waals surface area contributed by atoms with E-state index < -0.39 is 12.1 Å². The summed E-state index contributed by atoms with van der Waals surface area (Å²) in [5, 5.41) is 0. The topological polar surface area (TPSA) is 61.8 Å². The molecule has 2 rings (SSSR count). The van der Waals surface area contributed by atoms with Gasteiger partial charge in [0.2, 0.25) is 5.78 Å². The van der Waals surface area contributed by atoms with E-state index in [1.54, 1.807) is 62.6 Å². The minimum absolute atomic E-state index is 0.247. The molecule has 0 heterocycles. The number of ketones is 1. The first-order valence-corrected chi connectivity index (χ1v) is 7.15. The second-order valence-electron chi connectivity index (χ2n) is 4.83. The van der Waals surface area contributed by atoms with Gasteiger partial charge in [-0.3, -0.25) is 4.79 Å². The standard InChI is InChI=1S/C18H18O5/c1-13(18(20)14-6-4-3-5-7-14)23-17(19)12-22-16-10-8-15(21-2)9-11-16/h3-11,13H,12H2,1-2H3. The molecule has 120 valence electrons. The number of benzene rings is 2. The summed E-state index contributed by atoms with van der Waals surface area (Å²) in [6.07, 6.45) is -0.857. The predicted molar refractivity (Wildman–Crippen MR) is 84.8 cm³/mol. The maximum atomic E-state index is 12.1. The molecule has 0 radical (unpaired) electrons. The first-order valence-electron chi connectivity index (χ1n) is 7.15. The lowest BCUT2D eigenvalue weighted by Crippen LogP contribution is -2.27.